The summed E-state index contributed by atoms with van der Waals surface area (Å²) in [4.78, 5) is 11.3. The minimum absolute atomic E-state index is 0.334. The van der Waals surface area contributed by atoms with Crippen molar-refractivity contribution in [3.63, 3.8) is 0 Å². The topological polar surface area (TPSA) is 50.1 Å². The molecule has 18 heavy (non-hydrogen) atoms. The minimum Gasteiger partial charge on any atom is -0.463 e. The lowest BCUT2D eigenvalue weighted by molar-refractivity contribution is -0.137. The largest absolute Gasteiger partial charge is 0.463 e. The highest BCUT2D eigenvalue weighted by Crippen LogP contribution is 2.28. The second-order valence-electron chi connectivity index (χ2n) is 3.89. The minimum atomic E-state index is -0.770. The normalized spacial score (nSPS) is 13.8. The zero-order chi connectivity index (χ0) is 13.4. The molecule has 0 amide bonds. The van der Waals surface area contributed by atoms with Gasteiger partial charge in [-0.3, -0.25) is 0 Å². The molecule has 0 aliphatic heterocycles. The zero-order valence-electron chi connectivity index (χ0n) is 10.7. The molecule has 1 aromatic carbocycles. The van der Waals surface area contributed by atoms with E-state index >= 15 is 0 Å². The Morgan fingerprint density at radius 2 is 2.06 bits per heavy atom. The van der Waals surface area contributed by atoms with Crippen molar-refractivity contribution in [3.05, 3.63) is 48.0 Å². The summed E-state index contributed by atoms with van der Waals surface area (Å²) < 4.78 is 4.83. The van der Waals surface area contributed by atoms with Crippen LogP contribution in [0.1, 0.15) is 25.8 Å². The first-order valence-electron chi connectivity index (χ1n) is 6.01. The van der Waals surface area contributed by atoms with Crippen LogP contribution in [0.5, 0.6) is 0 Å². The van der Waals surface area contributed by atoms with E-state index in [4.69, 9.17) is 4.74 Å². The highest BCUT2D eigenvalue weighted by molar-refractivity contribution is 5.82. The average molecular weight is 243 g/mol. The molecule has 0 saturated heterocycles. The smallest absolute Gasteiger partial charge is 0.330 e. The predicted octanol–water partition coefficient (Wildman–Crippen LogP) is 2.98. The molecule has 0 fully saturated rings. The van der Waals surface area contributed by atoms with Gasteiger partial charge in [-0.1, -0.05) is 43.3 Å². The summed E-state index contributed by atoms with van der Waals surface area (Å²) >= 11 is 0. The van der Waals surface area contributed by atoms with Crippen LogP contribution in [0, 0.1) is 11.3 Å². The van der Waals surface area contributed by atoms with Gasteiger partial charge in [-0.05, 0) is 18.9 Å². The van der Waals surface area contributed by atoms with Gasteiger partial charge in [0.1, 0.15) is 5.41 Å². The van der Waals surface area contributed by atoms with E-state index in [2.05, 4.69) is 6.07 Å². The van der Waals surface area contributed by atoms with Crippen molar-refractivity contribution >= 4 is 5.97 Å². The van der Waals surface area contributed by atoms with Crippen LogP contribution in [0.4, 0.5) is 0 Å². The van der Waals surface area contributed by atoms with E-state index < -0.39 is 11.4 Å². The molecule has 0 spiro atoms. The average Bonchev–Trinajstić information content (AvgIpc) is 2.42. The Hall–Kier alpha value is -2.08. The van der Waals surface area contributed by atoms with Gasteiger partial charge in [0.05, 0.1) is 12.7 Å². The molecule has 0 N–H and O–H groups in total. The SMILES string of the molecule is CCOC(=O)C=CC(C#N)(CC)c1ccccc1. The van der Waals surface area contributed by atoms with Crippen molar-refractivity contribution in [3.8, 4) is 6.07 Å². The molecule has 0 aliphatic carbocycles. The van der Waals surface area contributed by atoms with E-state index in [1.807, 2.05) is 37.3 Å². The van der Waals surface area contributed by atoms with Gasteiger partial charge in [0.2, 0.25) is 0 Å². The van der Waals surface area contributed by atoms with Gasteiger partial charge in [0.25, 0.3) is 0 Å². The molecule has 1 aromatic rings. The number of esters is 1. The number of nitriles is 1. The molecule has 1 rings (SSSR count). The number of carbonyl (C=O) groups excluding carboxylic acids is 1. The Labute approximate surface area is 108 Å². The third-order valence-corrected chi connectivity index (χ3v) is 2.84. The maximum absolute atomic E-state index is 11.3. The van der Waals surface area contributed by atoms with E-state index in [1.54, 1.807) is 13.0 Å². The first kappa shape index (κ1) is 14.0. The van der Waals surface area contributed by atoms with Crippen molar-refractivity contribution < 1.29 is 9.53 Å². The van der Waals surface area contributed by atoms with Gasteiger partial charge in [-0.2, -0.15) is 5.26 Å². The molecule has 1 unspecified atom stereocenters. The van der Waals surface area contributed by atoms with Crippen LogP contribution in [0.2, 0.25) is 0 Å². The fraction of sp³-hybridized carbons (Fsp3) is 0.333. The molecule has 3 nitrogen and oxygen atoms in total. The van der Waals surface area contributed by atoms with Crippen molar-refractivity contribution in [2.45, 2.75) is 25.7 Å². The monoisotopic (exact) mass is 243 g/mol. The lowest BCUT2D eigenvalue weighted by Gasteiger charge is -2.21. The second-order valence-corrected chi connectivity index (χ2v) is 3.89. The lowest BCUT2D eigenvalue weighted by atomic mass is 9.79. The van der Waals surface area contributed by atoms with Crippen LogP contribution in [0.15, 0.2) is 42.5 Å². The molecule has 0 radical (unpaired) electrons. The molecule has 3 heteroatoms. The number of hydrogen-bond donors (Lipinski definition) is 0. The fourth-order valence-corrected chi connectivity index (χ4v) is 1.74. The standard InChI is InChI=1S/C15H17NO2/c1-3-15(12-16,11-10-14(17)18-4-2)13-8-6-5-7-9-13/h5-11H,3-4H2,1-2H3. The third-order valence-electron chi connectivity index (χ3n) is 2.84. The molecule has 0 heterocycles. The molecular formula is C15H17NO2. The van der Waals surface area contributed by atoms with Crippen LogP contribution in [0.3, 0.4) is 0 Å². The first-order valence-corrected chi connectivity index (χ1v) is 6.01. The van der Waals surface area contributed by atoms with E-state index in [9.17, 15) is 10.1 Å². The molecule has 0 bridgehead atoms. The number of ether oxygens (including phenoxy) is 1. The predicted molar refractivity (Wildman–Crippen MR) is 69.8 cm³/mol. The number of benzene rings is 1. The molecule has 94 valence electrons. The summed E-state index contributed by atoms with van der Waals surface area (Å²) in [5.41, 5.74) is 0.115. The third kappa shape index (κ3) is 3.21. The van der Waals surface area contributed by atoms with Crippen molar-refractivity contribution in [1.82, 2.24) is 0 Å². The van der Waals surface area contributed by atoms with Crippen LogP contribution >= 0.6 is 0 Å². The van der Waals surface area contributed by atoms with E-state index in [0.717, 1.165) is 5.56 Å². The van der Waals surface area contributed by atoms with Gasteiger partial charge in [-0.15, -0.1) is 0 Å². The van der Waals surface area contributed by atoms with E-state index in [1.165, 1.54) is 6.08 Å². The number of carbonyl (C=O) groups is 1. The van der Waals surface area contributed by atoms with Gasteiger partial charge in [-0.25, -0.2) is 4.79 Å². The van der Waals surface area contributed by atoms with E-state index in [-0.39, 0.29) is 0 Å². The van der Waals surface area contributed by atoms with Crippen molar-refractivity contribution in [2.24, 2.45) is 0 Å². The summed E-state index contributed by atoms with van der Waals surface area (Å²) in [6.07, 6.45) is 3.56. The fourth-order valence-electron chi connectivity index (χ4n) is 1.74. The van der Waals surface area contributed by atoms with Crippen molar-refractivity contribution in [1.29, 1.82) is 5.26 Å². The molecule has 0 saturated carbocycles. The Balaban J connectivity index is 3.03. The van der Waals surface area contributed by atoms with Crippen LogP contribution in [-0.4, -0.2) is 12.6 Å². The highest BCUT2D eigenvalue weighted by Gasteiger charge is 2.27. The summed E-state index contributed by atoms with van der Waals surface area (Å²) in [5.74, 6) is -0.415. The van der Waals surface area contributed by atoms with Crippen LogP contribution < -0.4 is 0 Å². The van der Waals surface area contributed by atoms with Crippen LogP contribution in [-0.2, 0) is 14.9 Å². The number of rotatable bonds is 5. The van der Waals surface area contributed by atoms with Crippen molar-refractivity contribution in [2.75, 3.05) is 6.61 Å². The summed E-state index contributed by atoms with van der Waals surface area (Å²) in [6, 6.07) is 11.7. The summed E-state index contributed by atoms with van der Waals surface area (Å²) in [7, 11) is 0. The maximum Gasteiger partial charge on any atom is 0.330 e. The molecular weight excluding hydrogens is 226 g/mol. The lowest BCUT2D eigenvalue weighted by Crippen LogP contribution is -2.20. The summed E-state index contributed by atoms with van der Waals surface area (Å²) in [6.45, 7) is 4.01. The second kappa shape index (κ2) is 6.61. The molecule has 0 aromatic heterocycles. The van der Waals surface area contributed by atoms with Gasteiger partial charge >= 0.3 is 5.97 Å². The van der Waals surface area contributed by atoms with Gasteiger partial charge in [0.15, 0.2) is 0 Å². The quantitative estimate of drug-likeness (QED) is 0.590. The zero-order valence-corrected chi connectivity index (χ0v) is 10.7. The highest BCUT2D eigenvalue weighted by atomic mass is 16.5. The van der Waals surface area contributed by atoms with E-state index in [0.29, 0.717) is 13.0 Å². The van der Waals surface area contributed by atoms with Gasteiger partial charge < -0.3 is 4.74 Å². The first-order chi connectivity index (χ1) is 8.68. The summed E-state index contributed by atoms with van der Waals surface area (Å²) in [5, 5.41) is 9.42. The van der Waals surface area contributed by atoms with Gasteiger partial charge in [0, 0.05) is 6.08 Å². The van der Waals surface area contributed by atoms with Crippen LogP contribution in [0.25, 0.3) is 0 Å². The Kier molecular flexibility index (Phi) is 5.13. The Morgan fingerprint density at radius 3 is 2.56 bits per heavy atom. The Morgan fingerprint density at radius 1 is 1.39 bits per heavy atom. The number of nitrogens with zero attached hydrogens (tertiary/aromatic N) is 1. The number of hydrogen-bond acceptors (Lipinski definition) is 3. The Bertz CT molecular complexity index is 459. The molecule has 1 atom stereocenters. The molecule has 0 aliphatic rings. The maximum atomic E-state index is 11.3. The number of allylic oxidation sites excluding steroid dienone is 1.